The third kappa shape index (κ3) is 4.16. The first kappa shape index (κ1) is 20.6. The van der Waals surface area contributed by atoms with Crippen molar-refractivity contribution in [2.45, 2.75) is 19.6 Å². The van der Waals surface area contributed by atoms with Crippen molar-refractivity contribution in [2.24, 2.45) is 0 Å². The number of nitrogens with zero attached hydrogens (tertiary/aromatic N) is 2. The molecule has 0 atom stereocenters. The number of amides is 2. The second kappa shape index (κ2) is 7.56. The Balaban J connectivity index is 1.54. The Labute approximate surface area is 173 Å². The molecule has 1 aliphatic rings. The molecule has 3 aromatic rings. The molecule has 0 radical (unpaired) electrons. The lowest BCUT2D eigenvalue weighted by atomic mass is 10.1. The molecule has 31 heavy (non-hydrogen) atoms. The fraction of sp³-hybridized carbons (Fsp3) is 0.250. The van der Waals surface area contributed by atoms with Crippen LogP contribution in [0.15, 0.2) is 30.3 Å². The predicted molar refractivity (Wildman–Crippen MR) is 104 cm³/mol. The number of anilines is 2. The van der Waals surface area contributed by atoms with E-state index in [2.05, 4.69) is 15.5 Å². The molecule has 0 spiro atoms. The third-order valence-corrected chi connectivity index (χ3v) is 4.91. The highest BCUT2D eigenvalue weighted by molar-refractivity contribution is 6.05. The smallest absolute Gasteiger partial charge is 0.355 e. The SMILES string of the molecule is Cc1n[nH]c2cc(Nc3cccc4c3C(=O)N(CC(=O)NCC(F)(F)F)C4)cc(F)c12. The molecule has 4 rings (SSSR count). The molecular formula is C20H17F4N5O2. The van der Waals surface area contributed by atoms with Gasteiger partial charge in [0.1, 0.15) is 18.9 Å². The number of aryl methyl sites for hydroxylation is 1. The van der Waals surface area contributed by atoms with E-state index in [9.17, 15) is 27.2 Å². The number of nitrogens with one attached hydrogen (secondary N) is 3. The maximum absolute atomic E-state index is 14.5. The zero-order valence-corrected chi connectivity index (χ0v) is 16.2. The number of carbonyl (C=O) groups excluding carboxylic acids is 2. The summed E-state index contributed by atoms with van der Waals surface area (Å²) in [6, 6.07) is 7.95. The van der Waals surface area contributed by atoms with Crippen LogP contribution in [0.1, 0.15) is 21.6 Å². The molecule has 3 N–H and O–H groups in total. The van der Waals surface area contributed by atoms with Crippen LogP contribution in [-0.2, 0) is 11.3 Å². The Hall–Kier alpha value is -3.63. The fourth-order valence-corrected chi connectivity index (χ4v) is 3.57. The minimum absolute atomic E-state index is 0.0796. The second-order valence-corrected chi connectivity index (χ2v) is 7.21. The van der Waals surface area contributed by atoms with Gasteiger partial charge in [-0.3, -0.25) is 14.7 Å². The molecule has 162 valence electrons. The molecule has 0 saturated heterocycles. The van der Waals surface area contributed by atoms with Crippen LogP contribution in [-0.4, -0.2) is 46.2 Å². The minimum atomic E-state index is -4.53. The largest absolute Gasteiger partial charge is 0.405 e. The molecule has 2 heterocycles. The summed E-state index contributed by atoms with van der Waals surface area (Å²) in [6.07, 6.45) is -4.53. The maximum atomic E-state index is 14.5. The summed E-state index contributed by atoms with van der Waals surface area (Å²) in [4.78, 5) is 25.8. The van der Waals surface area contributed by atoms with E-state index in [1.165, 1.54) is 6.07 Å². The van der Waals surface area contributed by atoms with E-state index < -0.39 is 36.9 Å². The number of carbonyl (C=O) groups is 2. The molecular weight excluding hydrogens is 418 g/mol. The second-order valence-electron chi connectivity index (χ2n) is 7.21. The number of fused-ring (bicyclic) bond motifs is 2. The van der Waals surface area contributed by atoms with E-state index in [1.807, 2.05) is 0 Å². The summed E-state index contributed by atoms with van der Waals surface area (Å²) in [7, 11) is 0. The average Bonchev–Trinajstić information content (AvgIpc) is 3.21. The van der Waals surface area contributed by atoms with Gasteiger partial charge in [0.25, 0.3) is 5.91 Å². The number of aromatic nitrogens is 2. The van der Waals surface area contributed by atoms with Crippen molar-refractivity contribution in [3.63, 3.8) is 0 Å². The number of hydrogen-bond donors (Lipinski definition) is 3. The monoisotopic (exact) mass is 435 g/mol. The average molecular weight is 435 g/mol. The third-order valence-electron chi connectivity index (χ3n) is 4.91. The number of aromatic amines is 1. The zero-order valence-electron chi connectivity index (χ0n) is 16.2. The summed E-state index contributed by atoms with van der Waals surface area (Å²) < 4.78 is 51.3. The van der Waals surface area contributed by atoms with Crippen molar-refractivity contribution in [2.75, 3.05) is 18.4 Å². The van der Waals surface area contributed by atoms with Crippen LogP contribution in [0.2, 0.25) is 0 Å². The van der Waals surface area contributed by atoms with Gasteiger partial charge in [0, 0.05) is 12.2 Å². The molecule has 0 unspecified atom stereocenters. The summed E-state index contributed by atoms with van der Waals surface area (Å²) in [6.45, 7) is -0.209. The van der Waals surface area contributed by atoms with Crippen LogP contribution >= 0.6 is 0 Å². The number of benzene rings is 2. The molecule has 0 fully saturated rings. The highest BCUT2D eigenvalue weighted by atomic mass is 19.4. The lowest BCUT2D eigenvalue weighted by Crippen LogP contribution is -2.41. The number of halogens is 4. The molecule has 11 heteroatoms. The van der Waals surface area contributed by atoms with Crippen molar-refractivity contribution in [1.82, 2.24) is 20.4 Å². The highest BCUT2D eigenvalue weighted by Gasteiger charge is 2.33. The number of H-pyrrole nitrogens is 1. The van der Waals surface area contributed by atoms with Crippen molar-refractivity contribution < 1.29 is 27.2 Å². The van der Waals surface area contributed by atoms with Crippen LogP contribution in [0, 0.1) is 12.7 Å². The van der Waals surface area contributed by atoms with Crippen molar-refractivity contribution in [3.8, 4) is 0 Å². The van der Waals surface area contributed by atoms with Gasteiger partial charge in [0.05, 0.1) is 27.8 Å². The Kier molecular flexibility index (Phi) is 5.03. The van der Waals surface area contributed by atoms with Gasteiger partial charge in [0.2, 0.25) is 5.91 Å². The topological polar surface area (TPSA) is 90.1 Å². The minimum Gasteiger partial charge on any atom is -0.355 e. The van der Waals surface area contributed by atoms with Crippen LogP contribution in [0.25, 0.3) is 10.9 Å². The summed E-state index contributed by atoms with van der Waals surface area (Å²) >= 11 is 0. The Morgan fingerprint density at radius 2 is 2.06 bits per heavy atom. The molecule has 7 nitrogen and oxygen atoms in total. The van der Waals surface area contributed by atoms with E-state index in [-0.39, 0.29) is 12.1 Å². The Morgan fingerprint density at radius 3 is 2.81 bits per heavy atom. The van der Waals surface area contributed by atoms with Crippen LogP contribution < -0.4 is 10.6 Å². The van der Waals surface area contributed by atoms with Gasteiger partial charge in [-0.05, 0) is 30.7 Å². The lowest BCUT2D eigenvalue weighted by molar-refractivity contribution is -0.138. The quantitative estimate of drug-likeness (QED) is 0.536. The van der Waals surface area contributed by atoms with Crippen LogP contribution in [0.3, 0.4) is 0 Å². The first-order valence-electron chi connectivity index (χ1n) is 9.28. The maximum Gasteiger partial charge on any atom is 0.405 e. The summed E-state index contributed by atoms with van der Waals surface area (Å²) in [5.74, 6) is -1.89. The van der Waals surface area contributed by atoms with Gasteiger partial charge in [0.15, 0.2) is 0 Å². The van der Waals surface area contributed by atoms with Crippen LogP contribution in [0.5, 0.6) is 0 Å². The number of alkyl halides is 3. The standard InChI is InChI=1S/C20H17F4N5O2/c1-10-17-13(21)5-12(6-15(17)28-27-10)26-14-4-2-3-11-7-29(19(31)18(11)14)8-16(30)25-9-20(22,23)24/h2-6,26H,7-9H2,1H3,(H,25,30)(H,27,28). The van der Waals surface area contributed by atoms with Gasteiger partial charge in [-0.2, -0.15) is 18.3 Å². The van der Waals surface area contributed by atoms with Gasteiger partial charge in [-0.1, -0.05) is 12.1 Å². The first-order valence-corrected chi connectivity index (χ1v) is 9.28. The van der Waals surface area contributed by atoms with Crippen molar-refractivity contribution in [1.29, 1.82) is 0 Å². The molecule has 2 amide bonds. The lowest BCUT2D eigenvalue weighted by Gasteiger charge is -2.16. The molecule has 1 aliphatic heterocycles. The summed E-state index contributed by atoms with van der Waals surface area (Å²) in [5.41, 5.74) is 2.69. The fourth-order valence-electron chi connectivity index (χ4n) is 3.57. The van der Waals surface area contributed by atoms with Gasteiger partial charge < -0.3 is 15.5 Å². The first-order chi connectivity index (χ1) is 14.6. The molecule has 2 aromatic carbocycles. The van der Waals surface area contributed by atoms with Gasteiger partial charge >= 0.3 is 6.18 Å². The number of hydrogen-bond acceptors (Lipinski definition) is 4. The van der Waals surface area contributed by atoms with E-state index in [0.717, 1.165) is 4.90 Å². The van der Waals surface area contributed by atoms with Gasteiger partial charge in [-0.15, -0.1) is 0 Å². The zero-order chi connectivity index (χ0) is 22.3. The molecule has 1 aromatic heterocycles. The summed E-state index contributed by atoms with van der Waals surface area (Å²) in [5, 5.41) is 11.9. The van der Waals surface area contributed by atoms with Crippen molar-refractivity contribution in [3.05, 3.63) is 53.0 Å². The Morgan fingerprint density at radius 1 is 1.29 bits per heavy atom. The molecule has 0 aliphatic carbocycles. The molecule has 0 saturated carbocycles. The number of rotatable bonds is 5. The van der Waals surface area contributed by atoms with E-state index in [4.69, 9.17) is 0 Å². The normalized spacial score (nSPS) is 13.6. The predicted octanol–water partition coefficient (Wildman–Crippen LogP) is 3.39. The van der Waals surface area contributed by atoms with E-state index in [1.54, 1.807) is 36.5 Å². The Bertz CT molecular complexity index is 1190. The van der Waals surface area contributed by atoms with E-state index >= 15 is 0 Å². The van der Waals surface area contributed by atoms with Crippen LogP contribution in [0.4, 0.5) is 28.9 Å². The molecule has 0 bridgehead atoms. The highest BCUT2D eigenvalue weighted by Crippen LogP contribution is 2.32. The van der Waals surface area contributed by atoms with Gasteiger partial charge in [-0.25, -0.2) is 4.39 Å². The van der Waals surface area contributed by atoms with E-state index in [0.29, 0.717) is 33.5 Å². The van der Waals surface area contributed by atoms with Crippen molar-refractivity contribution >= 4 is 34.1 Å².